The molecule has 0 saturated heterocycles. The minimum atomic E-state index is 0.00624. The van der Waals surface area contributed by atoms with Gasteiger partial charge in [0.1, 0.15) is 5.75 Å². The molecule has 0 aliphatic heterocycles. The molecular formula is C16H16I2O3S2. The number of unbranched alkanes of at least 4 members (excludes halogenated alkanes) is 1. The van der Waals surface area contributed by atoms with Crippen molar-refractivity contribution >= 4 is 83.5 Å². The molecule has 0 spiro atoms. The van der Waals surface area contributed by atoms with Crippen LogP contribution in [0.25, 0.3) is 10.1 Å². The van der Waals surface area contributed by atoms with Crippen molar-refractivity contribution in [3.8, 4) is 5.75 Å². The standard InChI is InChI=1S/C16H16I2O3S2/c17-10-12(18)16(20)22-8-4-3-7-21-13-9-15(19)23-14-6-2-1-5-11(13)14/h1-2,5-6,9,12H,3-4,7-8,10H2. The van der Waals surface area contributed by atoms with E-state index < -0.39 is 0 Å². The van der Waals surface area contributed by atoms with Crippen LogP contribution in [-0.4, -0.2) is 25.8 Å². The van der Waals surface area contributed by atoms with Crippen LogP contribution in [-0.2, 0) is 4.79 Å². The van der Waals surface area contributed by atoms with Crippen LogP contribution in [0.3, 0.4) is 0 Å². The summed E-state index contributed by atoms with van der Waals surface area (Å²) in [7, 11) is 0. The number of hydrogen-bond donors (Lipinski definition) is 0. The van der Waals surface area contributed by atoms with Gasteiger partial charge in [0.25, 0.3) is 0 Å². The first-order chi connectivity index (χ1) is 11.1. The van der Waals surface area contributed by atoms with Gasteiger partial charge >= 0.3 is 0 Å². The number of fused-ring (bicyclic) bond motifs is 1. The molecule has 1 unspecified atom stereocenters. The summed E-state index contributed by atoms with van der Waals surface area (Å²) in [4.78, 5) is 23.4. The molecule has 23 heavy (non-hydrogen) atoms. The van der Waals surface area contributed by atoms with Gasteiger partial charge < -0.3 is 4.74 Å². The van der Waals surface area contributed by atoms with E-state index in [2.05, 4.69) is 45.2 Å². The largest absolute Gasteiger partial charge is 0.493 e. The van der Waals surface area contributed by atoms with Crippen LogP contribution in [0.15, 0.2) is 35.1 Å². The second kappa shape index (κ2) is 10.2. The lowest BCUT2D eigenvalue weighted by atomic mass is 10.2. The predicted octanol–water partition coefficient (Wildman–Crippen LogP) is 4.92. The lowest BCUT2D eigenvalue weighted by Crippen LogP contribution is -2.11. The summed E-state index contributed by atoms with van der Waals surface area (Å²) in [6, 6.07) is 9.34. The van der Waals surface area contributed by atoms with Crippen molar-refractivity contribution in [2.75, 3.05) is 16.8 Å². The molecule has 3 nitrogen and oxygen atoms in total. The van der Waals surface area contributed by atoms with Crippen LogP contribution in [0.2, 0.25) is 0 Å². The predicted molar refractivity (Wildman–Crippen MR) is 117 cm³/mol. The molecule has 0 bridgehead atoms. The topological polar surface area (TPSA) is 43.4 Å². The fourth-order valence-electron chi connectivity index (χ4n) is 1.91. The molecule has 0 aliphatic carbocycles. The van der Waals surface area contributed by atoms with Crippen molar-refractivity contribution in [3.63, 3.8) is 0 Å². The fourth-order valence-corrected chi connectivity index (χ4v) is 4.77. The smallest absolute Gasteiger partial charge is 0.236 e. The molecule has 1 aromatic carbocycles. The monoisotopic (exact) mass is 574 g/mol. The van der Waals surface area contributed by atoms with Crippen molar-refractivity contribution in [1.29, 1.82) is 0 Å². The maximum absolute atomic E-state index is 11.7. The first-order valence-electron chi connectivity index (χ1n) is 7.14. The van der Waals surface area contributed by atoms with Crippen LogP contribution in [0, 0.1) is 0 Å². The third-order valence-corrected chi connectivity index (χ3v) is 9.00. The van der Waals surface area contributed by atoms with Gasteiger partial charge in [0.2, 0.25) is 9.86 Å². The van der Waals surface area contributed by atoms with Crippen molar-refractivity contribution in [3.05, 3.63) is 39.9 Å². The lowest BCUT2D eigenvalue weighted by molar-refractivity contribution is -0.109. The van der Waals surface area contributed by atoms with Gasteiger partial charge in [-0.2, -0.15) is 0 Å². The molecule has 0 fully saturated rings. The maximum atomic E-state index is 11.7. The minimum Gasteiger partial charge on any atom is -0.493 e. The molecule has 0 amide bonds. The highest BCUT2D eigenvalue weighted by Crippen LogP contribution is 2.26. The zero-order valence-corrected chi connectivity index (χ0v) is 18.2. The number of alkyl halides is 2. The zero-order valence-electron chi connectivity index (χ0n) is 12.3. The van der Waals surface area contributed by atoms with Gasteiger partial charge in [0, 0.05) is 26.3 Å². The maximum Gasteiger partial charge on any atom is 0.236 e. The summed E-state index contributed by atoms with van der Waals surface area (Å²) in [5, 5.41) is 1.24. The summed E-state index contributed by atoms with van der Waals surface area (Å²) in [6.07, 6.45) is 1.80. The Morgan fingerprint density at radius 3 is 2.87 bits per heavy atom. The molecule has 0 N–H and O–H groups in total. The SMILES string of the molecule is O=C(SCCCCOc1cc(=O)sc2ccccc12)C(I)CI. The van der Waals surface area contributed by atoms with Gasteiger partial charge in [-0.05, 0) is 25.0 Å². The summed E-state index contributed by atoms with van der Waals surface area (Å²) in [5.74, 6) is 1.48. The van der Waals surface area contributed by atoms with E-state index in [0.717, 1.165) is 33.1 Å². The number of ether oxygens (including phenoxy) is 1. The van der Waals surface area contributed by atoms with Crippen molar-refractivity contribution in [2.24, 2.45) is 0 Å². The molecule has 0 saturated carbocycles. The molecule has 1 aromatic heterocycles. The second-order valence-electron chi connectivity index (χ2n) is 4.77. The Kier molecular flexibility index (Phi) is 8.62. The average Bonchev–Trinajstić information content (AvgIpc) is 2.56. The quantitative estimate of drug-likeness (QED) is 0.255. The summed E-state index contributed by atoms with van der Waals surface area (Å²) in [5.41, 5.74) is 0. The molecule has 0 aliphatic rings. The van der Waals surface area contributed by atoms with E-state index in [1.807, 2.05) is 24.3 Å². The molecule has 2 aromatic rings. The summed E-state index contributed by atoms with van der Waals surface area (Å²) < 4.78 is 7.69. The van der Waals surface area contributed by atoms with Gasteiger partial charge in [-0.15, -0.1) is 0 Å². The van der Waals surface area contributed by atoms with Gasteiger partial charge in [-0.3, -0.25) is 9.59 Å². The Hall–Kier alpha value is 0.130. The Morgan fingerprint density at radius 1 is 1.30 bits per heavy atom. The van der Waals surface area contributed by atoms with E-state index in [9.17, 15) is 9.59 Å². The summed E-state index contributed by atoms with van der Waals surface area (Å²) in [6.45, 7) is 0.562. The van der Waals surface area contributed by atoms with Crippen LogP contribution in [0.5, 0.6) is 5.75 Å². The number of rotatable bonds is 8. The molecule has 2 rings (SSSR count). The van der Waals surface area contributed by atoms with Crippen molar-refractivity contribution in [2.45, 2.75) is 16.8 Å². The number of thioether (sulfide) groups is 1. The molecule has 7 heteroatoms. The van der Waals surface area contributed by atoms with Crippen LogP contribution >= 0.6 is 68.3 Å². The first kappa shape index (κ1) is 19.5. The fraction of sp³-hybridized carbons (Fsp3) is 0.375. The Morgan fingerprint density at radius 2 is 2.09 bits per heavy atom. The highest BCUT2D eigenvalue weighted by atomic mass is 127. The Balaban J connectivity index is 1.79. The van der Waals surface area contributed by atoms with E-state index in [4.69, 9.17) is 4.74 Å². The number of carbonyl (C=O) groups excluding carboxylic acids is 1. The number of benzene rings is 1. The van der Waals surface area contributed by atoms with E-state index >= 15 is 0 Å². The van der Waals surface area contributed by atoms with E-state index in [-0.39, 0.29) is 13.8 Å². The van der Waals surface area contributed by atoms with Gasteiger partial charge in [0.15, 0.2) is 0 Å². The average molecular weight is 574 g/mol. The van der Waals surface area contributed by atoms with Crippen molar-refractivity contribution < 1.29 is 9.53 Å². The lowest BCUT2D eigenvalue weighted by Gasteiger charge is -2.08. The Labute approximate surface area is 170 Å². The number of hydrogen-bond acceptors (Lipinski definition) is 5. The molecular weight excluding hydrogens is 558 g/mol. The highest BCUT2D eigenvalue weighted by molar-refractivity contribution is 14.1. The van der Waals surface area contributed by atoms with Gasteiger partial charge in [-0.25, -0.2) is 0 Å². The molecule has 0 radical (unpaired) electrons. The third kappa shape index (κ3) is 6.17. The summed E-state index contributed by atoms with van der Waals surface area (Å²) >= 11 is 7.06. The third-order valence-electron chi connectivity index (χ3n) is 3.04. The molecule has 124 valence electrons. The van der Waals surface area contributed by atoms with Gasteiger partial charge in [0.05, 0.1) is 10.5 Å². The van der Waals surface area contributed by atoms with Crippen LogP contribution in [0.1, 0.15) is 12.8 Å². The second-order valence-corrected chi connectivity index (χ2v) is 9.30. The molecule has 1 atom stereocenters. The van der Waals surface area contributed by atoms with E-state index in [0.29, 0.717) is 12.4 Å². The minimum absolute atomic E-state index is 0.00624. The van der Waals surface area contributed by atoms with E-state index in [1.165, 1.54) is 23.1 Å². The number of halogens is 2. The van der Waals surface area contributed by atoms with Crippen LogP contribution < -0.4 is 9.48 Å². The van der Waals surface area contributed by atoms with Crippen LogP contribution in [0.4, 0.5) is 0 Å². The van der Waals surface area contributed by atoms with Crippen molar-refractivity contribution in [1.82, 2.24) is 0 Å². The highest BCUT2D eigenvalue weighted by Gasteiger charge is 2.12. The Bertz CT molecular complexity index is 718. The number of carbonyl (C=O) groups is 1. The molecule has 1 heterocycles. The van der Waals surface area contributed by atoms with Gasteiger partial charge in [-0.1, -0.05) is 80.4 Å². The zero-order chi connectivity index (χ0) is 16.7. The normalized spacial score (nSPS) is 12.3. The first-order valence-corrected chi connectivity index (χ1v) is 11.7. The van der Waals surface area contributed by atoms with E-state index in [1.54, 1.807) is 6.07 Å².